The van der Waals surface area contributed by atoms with Crippen molar-refractivity contribution >= 4 is 11.6 Å². The maximum atomic E-state index is 13.3. The van der Waals surface area contributed by atoms with Crippen molar-refractivity contribution in [2.45, 2.75) is 257 Å². The standard InChI is InChI=1S/C35H54O4.C35H54O3.CH4/c1-21(2)22-13-16-35(20-38-26-10-8-9-19-37-26)18-17-32(5)23(27(22)35)11-12-25-33(32,6)15-14-24-31(3,4)29(36)28-30(39-28)34(24,25)7;1-23(2)24-13-18-35(22-38-29-10-8-9-21-37-29)20-19-33(6)25(30(24)35)11-12-27-32(5)16-15-28(36)31(3,4)26(32)14-17-34(27,33)7;/h22-28,30H,1,8-20H2,2-7H3;15-16,24-27,29-30H,1,8-14,17-22H2,2-7H3;1H4/t22-,23+,24-,25-,26?,27+,28-,30-,32+,33+,34-,35+;24-,25+,26-,27+,29?,30+,32-,33+,34+,35+;/m00./s1. The number of allylic oxidation sites excluding steroid dienone is 4. The zero-order valence-electron chi connectivity index (χ0n) is 50.9. The van der Waals surface area contributed by atoms with E-state index in [-0.39, 0.29) is 70.1 Å². The summed E-state index contributed by atoms with van der Waals surface area (Å²) < 4.78 is 31.6. The molecular formula is C71H112O7. The van der Waals surface area contributed by atoms with Gasteiger partial charge >= 0.3 is 0 Å². The van der Waals surface area contributed by atoms with Crippen LogP contribution in [-0.2, 0) is 33.3 Å². The third-order valence-corrected chi connectivity index (χ3v) is 29.2. The van der Waals surface area contributed by atoms with E-state index in [1.54, 1.807) is 0 Å². The fraction of sp³-hybridized carbons (Fsp3) is 0.887. The van der Waals surface area contributed by atoms with Crippen LogP contribution < -0.4 is 0 Å². The van der Waals surface area contributed by atoms with Crippen molar-refractivity contribution in [1.82, 2.24) is 0 Å². The minimum absolute atomic E-state index is 0. The van der Waals surface area contributed by atoms with Crippen molar-refractivity contribution in [2.24, 2.45) is 113 Å². The second-order valence-electron chi connectivity index (χ2n) is 32.5. The summed E-state index contributed by atoms with van der Waals surface area (Å²) in [6.45, 7) is 41.8. The van der Waals surface area contributed by atoms with E-state index in [0.717, 1.165) is 45.2 Å². The van der Waals surface area contributed by atoms with Crippen LogP contribution in [0.25, 0.3) is 0 Å². The highest BCUT2D eigenvalue weighted by molar-refractivity contribution is 5.96. The monoisotopic (exact) mass is 1080 g/mol. The van der Waals surface area contributed by atoms with Crippen molar-refractivity contribution in [2.75, 3.05) is 26.4 Å². The van der Waals surface area contributed by atoms with Crippen LogP contribution >= 0.6 is 0 Å². The molecular weight excluding hydrogens is 965 g/mol. The highest BCUT2D eigenvalue weighted by atomic mass is 16.7. The largest absolute Gasteiger partial charge is 0.361 e. The molecule has 2 unspecified atom stereocenters. The molecule has 9 saturated carbocycles. The van der Waals surface area contributed by atoms with Gasteiger partial charge in [-0.05, 0) is 258 Å². The highest BCUT2D eigenvalue weighted by Gasteiger charge is 2.78. The van der Waals surface area contributed by atoms with Gasteiger partial charge in [0, 0.05) is 29.5 Å². The number of hydrogen-bond donors (Lipinski definition) is 0. The molecule has 0 aromatic heterocycles. The molecule has 0 aromatic carbocycles. The van der Waals surface area contributed by atoms with Crippen LogP contribution in [0.5, 0.6) is 0 Å². The molecule has 13 rings (SSSR count). The number of ether oxygens (including phenoxy) is 5. The summed E-state index contributed by atoms with van der Waals surface area (Å²) in [5.74, 6) is 6.85. The molecule has 0 radical (unpaired) electrons. The number of ketones is 2. The van der Waals surface area contributed by atoms with Crippen LogP contribution in [0.4, 0.5) is 0 Å². The van der Waals surface area contributed by atoms with Gasteiger partial charge in [-0.15, -0.1) is 0 Å². The van der Waals surface area contributed by atoms with Crippen molar-refractivity contribution in [3.05, 3.63) is 36.5 Å². The second kappa shape index (κ2) is 19.7. The Morgan fingerprint density at radius 2 is 1.03 bits per heavy atom. The Bertz CT molecular complexity index is 2370. The molecule has 78 heavy (non-hydrogen) atoms. The van der Waals surface area contributed by atoms with Crippen LogP contribution in [-0.4, -0.2) is 62.8 Å². The van der Waals surface area contributed by atoms with E-state index in [0.29, 0.717) is 81.1 Å². The quantitative estimate of drug-likeness (QED) is 0.177. The number of hydrogen-bond acceptors (Lipinski definition) is 7. The molecule has 12 fully saturated rings. The molecule has 0 N–H and O–H groups in total. The zero-order chi connectivity index (χ0) is 54.7. The molecule has 7 nitrogen and oxygen atoms in total. The molecule has 13 aliphatic rings. The molecule has 0 aromatic rings. The van der Waals surface area contributed by atoms with Crippen LogP contribution in [0.2, 0.25) is 0 Å². The van der Waals surface area contributed by atoms with E-state index in [1.807, 2.05) is 6.08 Å². The third-order valence-electron chi connectivity index (χ3n) is 29.2. The summed E-state index contributed by atoms with van der Waals surface area (Å²) in [4.78, 5) is 26.3. The zero-order valence-corrected chi connectivity index (χ0v) is 50.9. The van der Waals surface area contributed by atoms with E-state index < -0.39 is 0 Å². The van der Waals surface area contributed by atoms with Crippen molar-refractivity contribution < 1.29 is 33.3 Å². The van der Waals surface area contributed by atoms with Crippen LogP contribution in [0, 0.1) is 113 Å². The summed E-state index contributed by atoms with van der Waals surface area (Å²) in [6, 6.07) is 0. The number of Topliss-reactive ketones (excluding diaryl/α,β-unsaturated/α-hetero) is 1. The number of carbonyl (C=O) groups excluding carboxylic acids is 2. The van der Waals surface area contributed by atoms with Gasteiger partial charge in [0.2, 0.25) is 0 Å². The first-order chi connectivity index (χ1) is 36.3. The number of fused-ring (bicyclic) bond motifs is 16. The Labute approximate surface area is 475 Å². The number of carbonyl (C=O) groups is 2. The van der Waals surface area contributed by atoms with E-state index in [9.17, 15) is 9.59 Å². The Kier molecular flexibility index (Phi) is 14.7. The molecule has 22 atom stereocenters. The predicted octanol–water partition coefficient (Wildman–Crippen LogP) is 16.9. The molecule has 3 aliphatic heterocycles. The van der Waals surface area contributed by atoms with Crippen molar-refractivity contribution in [3.63, 3.8) is 0 Å². The summed E-state index contributed by atoms with van der Waals surface area (Å²) in [5.41, 5.74) is 4.20. The average molecular weight is 1080 g/mol. The molecule has 0 spiro atoms. The molecule has 7 heteroatoms. The van der Waals surface area contributed by atoms with E-state index in [2.05, 4.69) is 102 Å². The minimum Gasteiger partial charge on any atom is -0.361 e. The van der Waals surface area contributed by atoms with Gasteiger partial charge in [0.05, 0.1) is 19.3 Å². The molecule has 3 heterocycles. The summed E-state index contributed by atoms with van der Waals surface area (Å²) in [6.07, 6.45) is 31.6. The smallest absolute Gasteiger partial charge is 0.170 e. The van der Waals surface area contributed by atoms with E-state index in [4.69, 9.17) is 23.7 Å². The SMILES string of the molecule is C.C=C(C)[C@@H]1CC[C@]2(COC3CCCCO3)CC[C@]3(C)[C@H](CC[C@@H]4[C@@]5(C)C=CC(=O)C(C)(C)[C@@H]5CC[C@]43C)[C@@H]12.C=C(C)[C@@H]1CC[C@]2(COC3CCCCO3)CC[C@]3(C)[C@H](CC[C@@H]4[C@@]5(C)[C@H]6O[C@H]6C(=O)C(C)(C)[C@@H]5CC[C@]43C)[C@@H]12. The lowest BCUT2D eigenvalue weighted by Gasteiger charge is -2.72. The predicted molar refractivity (Wildman–Crippen MR) is 313 cm³/mol. The Morgan fingerprint density at radius 1 is 0.538 bits per heavy atom. The summed E-state index contributed by atoms with van der Waals surface area (Å²) in [5, 5.41) is 0. The molecule has 0 bridgehead atoms. The average Bonchev–Trinajstić information content (AvgIpc) is 3.50. The normalized spacial score (nSPS) is 52.8. The van der Waals surface area contributed by atoms with Crippen LogP contribution in [0.3, 0.4) is 0 Å². The lowest BCUT2D eigenvalue weighted by Crippen LogP contribution is -2.68. The van der Waals surface area contributed by atoms with Gasteiger partial charge in [0.1, 0.15) is 6.10 Å². The van der Waals surface area contributed by atoms with Gasteiger partial charge in [0.25, 0.3) is 0 Å². The van der Waals surface area contributed by atoms with E-state index >= 15 is 0 Å². The lowest BCUT2D eigenvalue weighted by atomic mass is 9.32. The van der Waals surface area contributed by atoms with Crippen LogP contribution in [0.1, 0.15) is 232 Å². The van der Waals surface area contributed by atoms with Gasteiger partial charge in [-0.1, -0.05) is 107 Å². The molecule has 438 valence electrons. The van der Waals surface area contributed by atoms with Gasteiger partial charge in [-0.2, -0.15) is 0 Å². The van der Waals surface area contributed by atoms with Crippen molar-refractivity contribution in [1.29, 1.82) is 0 Å². The summed E-state index contributed by atoms with van der Waals surface area (Å²) in [7, 11) is 0. The first-order valence-electron chi connectivity index (χ1n) is 32.5. The first kappa shape index (κ1) is 58.1. The van der Waals surface area contributed by atoms with Gasteiger partial charge in [0.15, 0.2) is 24.1 Å². The maximum Gasteiger partial charge on any atom is 0.170 e. The molecule has 10 aliphatic carbocycles. The minimum atomic E-state index is -0.276. The Hall–Kier alpha value is -1.64. The number of epoxide rings is 1. The van der Waals surface area contributed by atoms with Gasteiger partial charge in [-0.3, -0.25) is 9.59 Å². The van der Waals surface area contributed by atoms with Gasteiger partial charge in [-0.25, -0.2) is 0 Å². The Balaban J connectivity index is 0.000000163. The molecule has 3 saturated heterocycles. The Morgan fingerprint density at radius 3 is 1.51 bits per heavy atom. The number of rotatable bonds is 8. The fourth-order valence-electron chi connectivity index (χ4n) is 24.7. The summed E-state index contributed by atoms with van der Waals surface area (Å²) >= 11 is 0. The lowest BCUT2D eigenvalue weighted by molar-refractivity contribution is -0.245. The van der Waals surface area contributed by atoms with Crippen LogP contribution in [0.15, 0.2) is 36.5 Å². The van der Waals surface area contributed by atoms with Crippen molar-refractivity contribution in [3.8, 4) is 0 Å². The van der Waals surface area contributed by atoms with Gasteiger partial charge < -0.3 is 23.7 Å². The third kappa shape index (κ3) is 8.09. The fourth-order valence-corrected chi connectivity index (χ4v) is 24.7. The topological polar surface area (TPSA) is 83.6 Å². The van der Waals surface area contributed by atoms with E-state index in [1.165, 1.54) is 140 Å². The maximum absolute atomic E-state index is 13.3. The second-order valence-corrected chi connectivity index (χ2v) is 32.5. The highest BCUT2D eigenvalue weighted by Crippen LogP contribution is 2.80. The molecule has 0 amide bonds. The first-order valence-corrected chi connectivity index (χ1v) is 32.5.